The third-order valence-electron chi connectivity index (χ3n) is 3.12. The Balaban J connectivity index is 2.79. The third kappa shape index (κ3) is 3.08. The van der Waals surface area contributed by atoms with Gasteiger partial charge in [0.1, 0.15) is 0 Å². The Morgan fingerprint density at radius 3 is 2.20 bits per heavy atom. The number of carboxylic acids is 2. The molecule has 1 aliphatic rings. The number of hydrogen-bond acceptors (Lipinski definition) is 2. The second-order valence-corrected chi connectivity index (χ2v) is 4.08. The summed E-state index contributed by atoms with van der Waals surface area (Å²) in [6.45, 7) is 1.80. The van der Waals surface area contributed by atoms with Crippen molar-refractivity contribution in [2.24, 2.45) is 11.8 Å². The lowest BCUT2D eigenvalue weighted by molar-refractivity contribution is -0.135. The maximum absolute atomic E-state index is 10.9. The fourth-order valence-corrected chi connectivity index (χ4v) is 2.23. The standard InChI is InChI=1S/C11H16O4/c1-7(8-4-2-3-5-8)9(11(14)15)6-10(12)13/h6-8H,2-5H2,1H3,(H,12,13)(H,14,15)/b9-6-. The van der Waals surface area contributed by atoms with Gasteiger partial charge >= 0.3 is 11.9 Å². The second-order valence-electron chi connectivity index (χ2n) is 4.08. The van der Waals surface area contributed by atoms with Crippen LogP contribution in [0, 0.1) is 11.8 Å². The summed E-state index contributed by atoms with van der Waals surface area (Å²) in [5.74, 6) is -2.14. The predicted octanol–water partition coefficient (Wildman–Crippen LogP) is 1.91. The molecular formula is C11H16O4. The summed E-state index contributed by atoms with van der Waals surface area (Å²) >= 11 is 0. The maximum atomic E-state index is 10.9. The van der Waals surface area contributed by atoms with Crippen LogP contribution in [0.5, 0.6) is 0 Å². The molecule has 0 bridgehead atoms. The molecule has 1 saturated carbocycles. The molecule has 1 atom stereocenters. The van der Waals surface area contributed by atoms with E-state index in [0.717, 1.165) is 31.8 Å². The zero-order chi connectivity index (χ0) is 11.4. The average molecular weight is 212 g/mol. The van der Waals surface area contributed by atoms with Crippen LogP contribution in [-0.4, -0.2) is 22.2 Å². The highest BCUT2D eigenvalue weighted by atomic mass is 16.4. The second kappa shape index (κ2) is 4.96. The first-order valence-corrected chi connectivity index (χ1v) is 5.20. The summed E-state index contributed by atoms with van der Waals surface area (Å²) in [6.07, 6.45) is 5.08. The summed E-state index contributed by atoms with van der Waals surface area (Å²) in [7, 11) is 0. The minimum atomic E-state index is -1.18. The Hall–Kier alpha value is -1.32. The normalized spacial score (nSPS) is 20.2. The van der Waals surface area contributed by atoms with Gasteiger partial charge in [-0.3, -0.25) is 0 Å². The first-order valence-electron chi connectivity index (χ1n) is 5.20. The molecule has 1 fully saturated rings. The summed E-state index contributed by atoms with van der Waals surface area (Å²) < 4.78 is 0. The molecule has 0 aromatic rings. The molecule has 0 heterocycles. The topological polar surface area (TPSA) is 74.6 Å². The lowest BCUT2D eigenvalue weighted by atomic mass is 9.86. The van der Waals surface area contributed by atoms with Crippen molar-refractivity contribution in [3.63, 3.8) is 0 Å². The molecule has 4 nitrogen and oxygen atoms in total. The van der Waals surface area contributed by atoms with Crippen molar-refractivity contribution in [3.05, 3.63) is 11.6 Å². The predicted molar refractivity (Wildman–Crippen MR) is 54.5 cm³/mol. The van der Waals surface area contributed by atoms with Crippen molar-refractivity contribution in [1.29, 1.82) is 0 Å². The Morgan fingerprint density at radius 2 is 1.80 bits per heavy atom. The molecule has 0 saturated heterocycles. The quantitative estimate of drug-likeness (QED) is 0.698. The highest BCUT2D eigenvalue weighted by Crippen LogP contribution is 2.34. The molecular weight excluding hydrogens is 196 g/mol. The number of carboxylic acid groups (broad SMARTS) is 2. The average Bonchev–Trinajstić information content (AvgIpc) is 2.65. The summed E-state index contributed by atoms with van der Waals surface area (Å²) in [5, 5.41) is 17.5. The SMILES string of the molecule is CC(/C(=C/C(=O)O)C(=O)O)C1CCCC1. The van der Waals surface area contributed by atoms with Crippen LogP contribution in [0.15, 0.2) is 11.6 Å². The molecule has 2 N–H and O–H groups in total. The molecule has 1 rings (SSSR count). The fourth-order valence-electron chi connectivity index (χ4n) is 2.23. The van der Waals surface area contributed by atoms with Crippen LogP contribution in [0.3, 0.4) is 0 Å². The molecule has 0 aromatic heterocycles. The van der Waals surface area contributed by atoms with E-state index in [4.69, 9.17) is 10.2 Å². The van der Waals surface area contributed by atoms with E-state index in [1.165, 1.54) is 0 Å². The van der Waals surface area contributed by atoms with E-state index in [2.05, 4.69) is 0 Å². The smallest absolute Gasteiger partial charge is 0.332 e. The van der Waals surface area contributed by atoms with Gasteiger partial charge in [0.15, 0.2) is 0 Å². The van der Waals surface area contributed by atoms with E-state index in [9.17, 15) is 9.59 Å². The Kier molecular flexibility index (Phi) is 3.88. The van der Waals surface area contributed by atoms with Crippen LogP contribution >= 0.6 is 0 Å². The van der Waals surface area contributed by atoms with E-state index < -0.39 is 11.9 Å². The van der Waals surface area contributed by atoms with E-state index in [0.29, 0.717) is 5.92 Å². The Labute approximate surface area is 88.6 Å². The third-order valence-corrected chi connectivity index (χ3v) is 3.12. The lowest BCUT2D eigenvalue weighted by Gasteiger charge is -2.18. The van der Waals surface area contributed by atoms with Crippen molar-refractivity contribution in [1.82, 2.24) is 0 Å². The first kappa shape index (κ1) is 11.8. The van der Waals surface area contributed by atoms with E-state index in [1.807, 2.05) is 0 Å². The van der Waals surface area contributed by atoms with Crippen molar-refractivity contribution in [2.45, 2.75) is 32.6 Å². The van der Waals surface area contributed by atoms with Crippen LogP contribution < -0.4 is 0 Å². The van der Waals surface area contributed by atoms with Crippen LogP contribution in [-0.2, 0) is 9.59 Å². The van der Waals surface area contributed by atoms with E-state index in [-0.39, 0.29) is 11.5 Å². The molecule has 84 valence electrons. The molecule has 4 heteroatoms. The fraction of sp³-hybridized carbons (Fsp3) is 0.636. The maximum Gasteiger partial charge on any atom is 0.332 e. The molecule has 0 aliphatic heterocycles. The monoisotopic (exact) mass is 212 g/mol. The van der Waals surface area contributed by atoms with Crippen LogP contribution in [0.4, 0.5) is 0 Å². The van der Waals surface area contributed by atoms with Gasteiger partial charge in [0.2, 0.25) is 0 Å². The summed E-state index contributed by atoms with van der Waals surface area (Å²) in [4.78, 5) is 21.4. The molecule has 15 heavy (non-hydrogen) atoms. The molecule has 0 amide bonds. The van der Waals surface area contributed by atoms with Crippen molar-refractivity contribution >= 4 is 11.9 Å². The number of carbonyl (C=O) groups is 2. The van der Waals surface area contributed by atoms with Crippen molar-refractivity contribution in [2.75, 3.05) is 0 Å². The molecule has 0 spiro atoms. The summed E-state index contributed by atoms with van der Waals surface area (Å²) in [6, 6.07) is 0. The van der Waals surface area contributed by atoms with Gasteiger partial charge in [0.25, 0.3) is 0 Å². The van der Waals surface area contributed by atoms with Crippen LogP contribution in [0.25, 0.3) is 0 Å². The minimum absolute atomic E-state index is 0.0226. The van der Waals surface area contributed by atoms with Gasteiger partial charge in [-0.2, -0.15) is 0 Å². The number of rotatable bonds is 4. The largest absolute Gasteiger partial charge is 0.478 e. The highest BCUT2D eigenvalue weighted by Gasteiger charge is 2.27. The highest BCUT2D eigenvalue weighted by molar-refractivity contribution is 5.95. The van der Waals surface area contributed by atoms with Gasteiger partial charge in [-0.15, -0.1) is 0 Å². The first-order chi connectivity index (χ1) is 7.02. The molecule has 1 unspecified atom stereocenters. The minimum Gasteiger partial charge on any atom is -0.478 e. The van der Waals surface area contributed by atoms with E-state index in [1.54, 1.807) is 6.92 Å². The van der Waals surface area contributed by atoms with Crippen LogP contribution in [0.2, 0.25) is 0 Å². The van der Waals surface area contributed by atoms with E-state index >= 15 is 0 Å². The summed E-state index contributed by atoms with van der Waals surface area (Å²) in [5.41, 5.74) is 0.0226. The van der Waals surface area contributed by atoms with Crippen LogP contribution in [0.1, 0.15) is 32.6 Å². The van der Waals surface area contributed by atoms with Gasteiger partial charge in [-0.1, -0.05) is 19.8 Å². The lowest BCUT2D eigenvalue weighted by Crippen LogP contribution is -2.18. The van der Waals surface area contributed by atoms with Gasteiger partial charge in [-0.05, 0) is 24.7 Å². The zero-order valence-electron chi connectivity index (χ0n) is 8.77. The zero-order valence-corrected chi connectivity index (χ0v) is 8.77. The molecule has 0 aromatic carbocycles. The Bertz CT molecular complexity index is 287. The number of hydrogen-bond donors (Lipinski definition) is 2. The van der Waals surface area contributed by atoms with Gasteiger partial charge in [-0.25, -0.2) is 9.59 Å². The van der Waals surface area contributed by atoms with Crippen molar-refractivity contribution < 1.29 is 19.8 Å². The molecule has 1 aliphatic carbocycles. The number of aliphatic carboxylic acids is 2. The Morgan fingerprint density at radius 1 is 1.27 bits per heavy atom. The van der Waals surface area contributed by atoms with Gasteiger partial charge in [0, 0.05) is 11.6 Å². The molecule has 0 radical (unpaired) electrons. The van der Waals surface area contributed by atoms with Gasteiger partial charge < -0.3 is 10.2 Å². The van der Waals surface area contributed by atoms with Gasteiger partial charge in [0.05, 0.1) is 0 Å². The van der Waals surface area contributed by atoms with Crippen molar-refractivity contribution in [3.8, 4) is 0 Å².